The lowest BCUT2D eigenvalue weighted by Crippen LogP contribution is -1.96. The zero-order chi connectivity index (χ0) is 9.14. The number of benzene rings is 1. The minimum absolute atomic E-state index is 0.0888. The Balaban J connectivity index is 3.09. The molecule has 4 heteroatoms. The summed E-state index contributed by atoms with van der Waals surface area (Å²) in [4.78, 5) is 0. The van der Waals surface area contributed by atoms with Crippen LogP contribution in [0, 0.1) is 11.6 Å². The zero-order valence-corrected chi connectivity index (χ0v) is 7.74. The summed E-state index contributed by atoms with van der Waals surface area (Å²) in [6, 6.07) is 2.13. The zero-order valence-electron chi connectivity index (χ0n) is 6.15. The molecule has 0 fully saturated rings. The van der Waals surface area contributed by atoms with Gasteiger partial charge in [-0.15, -0.1) is 0 Å². The minimum atomic E-state index is -0.509. The fraction of sp³-hybridized carbons (Fsp3) is 0.250. The maximum Gasteiger partial charge on any atom is 0.140 e. The highest BCUT2D eigenvalue weighted by atomic mass is 79.9. The molecule has 12 heavy (non-hydrogen) atoms. The largest absolute Gasteiger partial charge is 0.396 e. The molecule has 0 unspecified atom stereocenters. The summed E-state index contributed by atoms with van der Waals surface area (Å²) >= 11 is 2.87. The van der Waals surface area contributed by atoms with Crippen LogP contribution in [-0.2, 0) is 6.42 Å². The van der Waals surface area contributed by atoms with Crippen molar-refractivity contribution >= 4 is 15.9 Å². The summed E-state index contributed by atoms with van der Waals surface area (Å²) < 4.78 is 25.8. The van der Waals surface area contributed by atoms with Crippen molar-refractivity contribution in [2.45, 2.75) is 6.42 Å². The van der Waals surface area contributed by atoms with E-state index < -0.39 is 11.6 Å². The van der Waals surface area contributed by atoms with E-state index in [9.17, 15) is 8.78 Å². The molecule has 1 N–H and O–H groups in total. The molecule has 1 nitrogen and oxygen atoms in total. The fourth-order valence-corrected chi connectivity index (χ4v) is 1.38. The van der Waals surface area contributed by atoms with Crippen LogP contribution in [0.25, 0.3) is 0 Å². The average molecular weight is 237 g/mol. The average Bonchev–Trinajstić information content (AvgIpc) is 2.00. The second-order valence-electron chi connectivity index (χ2n) is 2.33. The first-order valence-corrected chi connectivity index (χ1v) is 4.18. The van der Waals surface area contributed by atoms with Crippen LogP contribution >= 0.6 is 15.9 Å². The molecule has 0 aromatic heterocycles. The van der Waals surface area contributed by atoms with Crippen molar-refractivity contribution in [3.05, 3.63) is 33.8 Å². The molecule has 0 radical (unpaired) electrons. The summed E-state index contributed by atoms with van der Waals surface area (Å²) in [5, 5.41) is 8.52. The van der Waals surface area contributed by atoms with Crippen LogP contribution in [0.1, 0.15) is 5.56 Å². The summed E-state index contributed by atoms with van der Waals surface area (Å²) in [5.74, 6) is -1.02. The lowest BCUT2D eigenvalue weighted by Gasteiger charge is -2.02. The summed E-state index contributed by atoms with van der Waals surface area (Å²) in [7, 11) is 0. The molecular formula is C8H7BrF2O. The quantitative estimate of drug-likeness (QED) is 0.782. The molecule has 0 saturated heterocycles. The number of hydrogen-bond acceptors (Lipinski definition) is 1. The van der Waals surface area contributed by atoms with E-state index in [0.717, 1.165) is 12.1 Å². The molecule has 0 bridgehead atoms. The van der Waals surface area contributed by atoms with Crippen molar-refractivity contribution in [1.82, 2.24) is 0 Å². The van der Waals surface area contributed by atoms with Gasteiger partial charge in [-0.05, 0) is 40.0 Å². The van der Waals surface area contributed by atoms with E-state index in [-0.39, 0.29) is 23.1 Å². The number of hydrogen-bond donors (Lipinski definition) is 1. The summed E-state index contributed by atoms with van der Waals surface area (Å²) in [6.07, 6.45) is 0.127. The molecule has 1 aromatic rings. The Morgan fingerprint density at radius 1 is 1.33 bits per heavy atom. The Morgan fingerprint density at radius 2 is 2.00 bits per heavy atom. The third kappa shape index (κ3) is 2.01. The van der Waals surface area contributed by atoms with E-state index in [0.29, 0.717) is 0 Å². The van der Waals surface area contributed by atoms with Crippen LogP contribution < -0.4 is 0 Å². The molecule has 0 aliphatic carbocycles. The van der Waals surface area contributed by atoms with Crippen LogP contribution in [0.2, 0.25) is 0 Å². The van der Waals surface area contributed by atoms with Gasteiger partial charge < -0.3 is 5.11 Å². The molecule has 0 heterocycles. The van der Waals surface area contributed by atoms with E-state index in [1.165, 1.54) is 0 Å². The van der Waals surface area contributed by atoms with Crippen molar-refractivity contribution in [2.24, 2.45) is 0 Å². The third-order valence-corrected chi connectivity index (χ3v) is 2.03. The van der Waals surface area contributed by atoms with Gasteiger partial charge >= 0.3 is 0 Å². The topological polar surface area (TPSA) is 20.2 Å². The van der Waals surface area contributed by atoms with Crippen LogP contribution in [-0.4, -0.2) is 11.7 Å². The Bertz CT molecular complexity index is 289. The molecule has 0 atom stereocenters. The van der Waals surface area contributed by atoms with Gasteiger partial charge in [0.2, 0.25) is 0 Å². The van der Waals surface area contributed by atoms with Crippen LogP contribution in [0.15, 0.2) is 16.6 Å². The van der Waals surface area contributed by atoms with E-state index in [2.05, 4.69) is 15.9 Å². The Morgan fingerprint density at radius 3 is 2.58 bits per heavy atom. The van der Waals surface area contributed by atoms with Gasteiger partial charge in [0.15, 0.2) is 0 Å². The third-order valence-electron chi connectivity index (χ3n) is 1.45. The smallest absolute Gasteiger partial charge is 0.140 e. The monoisotopic (exact) mass is 236 g/mol. The first-order valence-electron chi connectivity index (χ1n) is 3.39. The number of aliphatic hydroxyl groups is 1. The Labute approximate surface area is 77.2 Å². The van der Waals surface area contributed by atoms with Gasteiger partial charge in [-0.3, -0.25) is 0 Å². The van der Waals surface area contributed by atoms with Gasteiger partial charge in [0.05, 0.1) is 4.47 Å². The Kier molecular flexibility index (Phi) is 3.17. The van der Waals surface area contributed by atoms with E-state index in [4.69, 9.17) is 5.11 Å². The maximum atomic E-state index is 13.0. The van der Waals surface area contributed by atoms with Crippen LogP contribution in [0.5, 0.6) is 0 Å². The van der Waals surface area contributed by atoms with Crippen molar-refractivity contribution in [3.8, 4) is 0 Å². The first kappa shape index (κ1) is 9.61. The molecule has 0 amide bonds. The lowest BCUT2D eigenvalue weighted by molar-refractivity contribution is 0.297. The van der Waals surface area contributed by atoms with Gasteiger partial charge in [-0.2, -0.15) is 0 Å². The standard InChI is InChI=1S/C8H7BrF2O/c9-7-4-6(10)3-5(1-2-12)8(7)11/h3-4,12H,1-2H2. The minimum Gasteiger partial charge on any atom is -0.396 e. The fourth-order valence-electron chi connectivity index (χ4n) is 0.912. The molecule has 1 aromatic carbocycles. The van der Waals surface area contributed by atoms with Crippen molar-refractivity contribution in [1.29, 1.82) is 0 Å². The molecule has 66 valence electrons. The SMILES string of the molecule is OCCc1cc(F)cc(Br)c1F. The van der Waals surface area contributed by atoms with E-state index >= 15 is 0 Å². The molecule has 0 aliphatic heterocycles. The predicted molar refractivity (Wildman–Crippen MR) is 44.8 cm³/mol. The summed E-state index contributed by atoms with van der Waals surface area (Å²) in [5.41, 5.74) is 0.185. The molecule has 1 rings (SSSR count). The van der Waals surface area contributed by atoms with E-state index in [1.54, 1.807) is 0 Å². The molecular weight excluding hydrogens is 230 g/mol. The Hall–Kier alpha value is -0.480. The van der Waals surface area contributed by atoms with Crippen molar-refractivity contribution < 1.29 is 13.9 Å². The van der Waals surface area contributed by atoms with Gasteiger partial charge in [-0.1, -0.05) is 0 Å². The van der Waals surface area contributed by atoms with Crippen molar-refractivity contribution in [3.63, 3.8) is 0 Å². The first-order chi connectivity index (χ1) is 5.65. The molecule has 0 spiro atoms. The van der Waals surface area contributed by atoms with Gasteiger partial charge in [0.25, 0.3) is 0 Å². The van der Waals surface area contributed by atoms with Gasteiger partial charge in [0, 0.05) is 6.61 Å². The van der Waals surface area contributed by atoms with Crippen LogP contribution in [0.3, 0.4) is 0 Å². The number of aliphatic hydroxyl groups excluding tert-OH is 1. The summed E-state index contributed by atoms with van der Waals surface area (Å²) in [6.45, 7) is -0.188. The van der Waals surface area contributed by atoms with Crippen molar-refractivity contribution in [2.75, 3.05) is 6.61 Å². The number of rotatable bonds is 2. The lowest BCUT2D eigenvalue weighted by atomic mass is 10.1. The molecule has 0 aliphatic rings. The number of halogens is 3. The highest BCUT2D eigenvalue weighted by molar-refractivity contribution is 9.10. The van der Waals surface area contributed by atoms with Crippen LogP contribution in [0.4, 0.5) is 8.78 Å². The second kappa shape index (κ2) is 3.96. The van der Waals surface area contributed by atoms with Gasteiger partial charge in [0.1, 0.15) is 11.6 Å². The van der Waals surface area contributed by atoms with Gasteiger partial charge in [-0.25, -0.2) is 8.78 Å². The normalized spacial score (nSPS) is 10.3. The second-order valence-corrected chi connectivity index (χ2v) is 3.19. The highest BCUT2D eigenvalue weighted by Gasteiger charge is 2.07. The maximum absolute atomic E-state index is 13.0. The predicted octanol–water partition coefficient (Wildman–Crippen LogP) is 2.26. The van der Waals surface area contributed by atoms with E-state index in [1.807, 2.05) is 0 Å². The molecule has 0 saturated carbocycles. The highest BCUT2D eigenvalue weighted by Crippen LogP contribution is 2.20.